The van der Waals surface area contributed by atoms with E-state index in [0.717, 1.165) is 17.0 Å². The Morgan fingerprint density at radius 1 is 0.875 bits per heavy atom. The van der Waals surface area contributed by atoms with Gasteiger partial charge < -0.3 is 24.8 Å². The number of nitrogens with one attached hydrogen (secondary N) is 2. The monoisotopic (exact) mass is 438 g/mol. The maximum absolute atomic E-state index is 13.7. The molecule has 0 spiro atoms. The molecule has 0 aliphatic carbocycles. The van der Waals surface area contributed by atoms with Crippen molar-refractivity contribution in [3.05, 3.63) is 78.1 Å². The molecular formula is C25H27FN2O4. The minimum Gasteiger partial charge on any atom is -0.494 e. The number of halogens is 1. The van der Waals surface area contributed by atoms with E-state index in [1.807, 2.05) is 50.2 Å². The first-order valence-electron chi connectivity index (χ1n) is 10.5. The van der Waals surface area contributed by atoms with E-state index in [9.17, 15) is 9.18 Å². The second-order valence-corrected chi connectivity index (χ2v) is 6.84. The van der Waals surface area contributed by atoms with E-state index in [1.165, 1.54) is 12.1 Å². The Hall–Kier alpha value is -3.74. The van der Waals surface area contributed by atoms with E-state index in [4.69, 9.17) is 14.2 Å². The van der Waals surface area contributed by atoms with Gasteiger partial charge in [-0.1, -0.05) is 18.2 Å². The zero-order chi connectivity index (χ0) is 22.8. The van der Waals surface area contributed by atoms with Gasteiger partial charge in [0.15, 0.2) is 18.1 Å². The Labute approximate surface area is 187 Å². The molecule has 168 valence electrons. The predicted octanol–water partition coefficient (Wildman–Crippen LogP) is 5.25. The Kier molecular flexibility index (Phi) is 8.31. The lowest BCUT2D eigenvalue weighted by Crippen LogP contribution is -2.21. The molecule has 0 radical (unpaired) electrons. The largest absolute Gasteiger partial charge is 0.494 e. The number of hydrogen-bond donors (Lipinski definition) is 2. The van der Waals surface area contributed by atoms with Crippen LogP contribution in [-0.4, -0.2) is 25.7 Å². The van der Waals surface area contributed by atoms with Crippen LogP contribution < -0.4 is 24.8 Å². The van der Waals surface area contributed by atoms with E-state index >= 15 is 0 Å². The summed E-state index contributed by atoms with van der Waals surface area (Å²) in [7, 11) is 0. The molecule has 0 aliphatic heterocycles. The van der Waals surface area contributed by atoms with Crippen molar-refractivity contribution in [2.75, 3.05) is 30.5 Å². The molecule has 0 aromatic heterocycles. The lowest BCUT2D eigenvalue weighted by molar-refractivity contribution is -0.118. The first-order valence-corrected chi connectivity index (χ1v) is 10.5. The molecule has 2 N–H and O–H groups in total. The smallest absolute Gasteiger partial charge is 0.262 e. The van der Waals surface area contributed by atoms with Gasteiger partial charge in [-0.3, -0.25) is 4.79 Å². The highest BCUT2D eigenvalue weighted by atomic mass is 19.1. The van der Waals surface area contributed by atoms with E-state index < -0.39 is 11.7 Å². The van der Waals surface area contributed by atoms with Crippen LogP contribution in [0.3, 0.4) is 0 Å². The van der Waals surface area contributed by atoms with Gasteiger partial charge in [0.2, 0.25) is 0 Å². The first kappa shape index (κ1) is 22.9. The molecule has 6 nitrogen and oxygen atoms in total. The number of ether oxygens (including phenoxy) is 3. The molecule has 0 saturated carbocycles. The number of carbonyl (C=O) groups excluding carboxylic acids is 1. The molecule has 3 aromatic carbocycles. The summed E-state index contributed by atoms with van der Waals surface area (Å²) in [6, 6.07) is 19.3. The molecule has 0 saturated heterocycles. The number of para-hydroxylation sites is 1. The van der Waals surface area contributed by atoms with Gasteiger partial charge in [-0.15, -0.1) is 0 Å². The van der Waals surface area contributed by atoms with Crippen LogP contribution in [0, 0.1) is 5.82 Å². The predicted molar refractivity (Wildman–Crippen MR) is 123 cm³/mol. The Morgan fingerprint density at radius 2 is 1.62 bits per heavy atom. The van der Waals surface area contributed by atoms with Gasteiger partial charge in [0.25, 0.3) is 5.91 Å². The maximum atomic E-state index is 13.7. The fraction of sp³-hybridized carbons (Fsp3) is 0.240. The summed E-state index contributed by atoms with van der Waals surface area (Å²) in [6.07, 6.45) is 0. The molecule has 3 aromatic rings. The molecule has 32 heavy (non-hydrogen) atoms. The van der Waals surface area contributed by atoms with Gasteiger partial charge in [0.05, 0.1) is 18.9 Å². The van der Waals surface area contributed by atoms with Crippen molar-refractivity contribution in [3.63, 3.8) is 0 Å². The third-order valence-electron chi connectivity index (χ3n) is 4.48. The van der Waals surface area contributed by atoms with Gasteiger partial charge in [0.1, 0.15) is 11.6 Å². The SMILES string of the molecule is CCOc1ccc(NCc2ccc(OCC(=O)Nc3ccccc3F)c(OCC)c2)cc1. The molecule has 7 heteroatoms. The second-order valence-electron chi connectivity index (χ2n) is 6.84. The van der Waals surface area contributed by atoms with E-state index in [-0.39, 0.29) is 12.3 Å². The zero-order valence-electron chi connectivity index (χ0n) is 18.2. The van der Waals surface area contributed by atoms with Crippen molar-refractivity contribution in [2.45, 2.75) is 20.4 Å². The van der Waals surface area contributed by atoms with Gasteiger partial charge in [0, 0.05) is 12.2 Å². The molecule has 0 aliphatic rings. The van der Waals surface area contributed by atoms with E-state index in [1.54, 1.807) is 18.2 Å². The van der Waals surface area contributed by atoms with Crippen molar-refractivity contribution in [1.82, 2.24) is 0 Å². The summed E-state index contributed by atoms with van der Waals surface area (Å²) < 4.78 is 30.4. The van der Waals surface area contributed by atoms with Crippen LogP contribution >= 0.6 is 0 Å². The van der Waals surface area contributed by atoms with Crippen LogP contribution in [0.2, 0.25) is 0 Å². The highest BCUT2D eigenvalue weighted by Gasteiger charge is 2.11. The number of hydrogen-bond acceptors (Lipinski definition) is 5. The normalized spacial score (nSPS) is 10.3. The van der Waals surface area contributed by atoms with Gasteiger partial charge in [-0.2, -0.15) is 0 Å². The number of anilines is 2. The quantitative estimate of drug-likeness (QED) is 0.428. The molecular weight excluding hydrogens is 411 g/mol. The van der Waals surface area contributed by atoms with Crippen LogP contribution in [0.5, 0.6) is 17.2 Å². The molecule has 0 atom stereocenters. The van der Waals surface area contributed by atoms with Crippen LogP contribution in [0.15, 0.2) is 66.7 Å². The van der Waals surface area contributed by atoms with Crippen molar-refractivity contribution in [2.24, 2.45) is 0 Å². The minimum atomic E-state index is -0.500. The van der Waals surface area contributed by atoms with Crippen molar-refractivity contribution in [1.29, 1.82) is 0 Å². The number of rotatable bonds is 11. The molecule has 0 unspecified atom stereocenters. The highest BCUT2D eigenvalue weighted by molar-refractivity contribution is 5.92. The van der Waals surface area contributed by atoms with Crippen molar-refractivity contribution in [3.8, 4) is 17.2 Å². The topological polar surface area (TPSA) is 68.8 Å². The Bertz CT molecular complexity index is 1020. The zero-order valence-corrected chi connectivity index (χ0v) is 18.2. The molecule has 0 fully saturated rings. The summed E-state index contributed by atoms with van der Waals surface area (Å²) in [4.78, 5) is 12.1. The molecule has 0 bridgehead atoms. The fourth-order valence-corrected chi connectivity index (χ4v) is 2.98. The van der Waals surface area contributed by atoms with Gasteiger partial charge in [-0.05, 0) is 67.9 Å². The standard InChI is InChI=1S/C25H27FN2O4/c1-3-30-20-12-10-19(11-13-20)27-16-18-9-14-23(24(15-18)31-4-2)32-17-25(29)28-22-8-6-5-7-21(22)26/h5-15,27H,3-4,16-17H2,1-2H3,(H,28,29). The number of benzene rings is 3. The lowest BCUT2D eigenvalue weighted by atomic mass is 10.2. The third-order valence-corrected chi connectivity index (χ3v) is 4.48. The fourth-order valence-electron chi connectivity index (χ4n) is 2.98. The summed E-state index contributed by atoms with van der Waals surface area (Å²) >= 11 is 0. The van der Waals surface area contributed by atoms with Crippen LogP contribution in [0.4, 0.5) is 15.8 Å². The van der Waals surface area contributed by atoms with Gasteiger partial charge >= 0.3 is 0 Å². The number of amides is 1. The molecule has 0 heterocycles. The minimum absolute atomic E-state index is 0.113. The average molecular weight is 438 g/mol. The van der Waals surface area contributed by atoms with Gasteiger partial charge in [-0.25, -0.2) is 4.39 Å². The molecule has 3 rings (SSSR count). The summed E-state index contributed by atoms with van der Waals surface area (Å²) in [5, 5.41) is 5.85. The second kappa shape index (κ2) is 11.6. The average Bonchev–Trinajstić information content (AvgIpc) is 2.80. The third kappa shape index (κ3) is 6.63. The highest BCUT2D eigenvalue weighted by Crippen LogP contribution is 2.29. The van der Waals surface area contributed by atoms with Crippen LogP contribution in [0.1, 0.15) is 19.4 Å². The van der Waals surface area contributed by atoms with E-state index in [2.05, 4.69) is 10.6 Å². The number of carbonyl (C=O) groups is 1. The maximum Gasteiger partial charge on any atom is 0.262 e. The first-order chi connectivity index (χ1) is 15.6. The molecule has 1 amide bonds. The summed E-state index contributed by atoms with van der Waals surface area (Å²) in [6.45, 7) is 5.23. The van der Waals surface area contributed by atoms with Crippen molar-refractivity contribution >= 4 is 17.3 Å². The van der Waals surface area contributed by atoms with Crippen LogP contribution in [-0.2, 0) is 11.3 Å². The van der Waals surface area contributed by atoms with Crippen LogP contribution in [0.25, 0.3) is 0 Å². The Morgan fingerprint density at radius 3 is 2.34 bits per heavy atom. The van der Waals surface area contributed by atoms with E-state index in [0.29, 0.717) is 31.3 Å². The lowest BCUT2D eigenvalue weighted by Gasteiger charge is -2.14. The Balaban J connectivity index is 1.58. The summed E-state index contributed by atoms with van der Waals surface area (Å²) in [5.74, 6) is 0.855. The van der Waals surface area contributed by atoms with Crippen molar-refractivity contribution < 1.29 is 23.4 Å². The summed E-state index contributed by atoms with van der Waals surface area (Å²) in [5.41, 5.74) is 2.07.